The highest BCUT2D eigenvalue weighted by Crippen LogP contribution is 2.28. The van der Waals surface area contributed by atoms with Crippen LogP contribution in [0.15, 0.2) is 0 Å². The summed E-state index contributed by atoms with van der Waals surface area (Å²) in [4.78, 5) is 22.5. The predicted octanol–water partition coefficient (Wildman–Crippen LogP) is -5.16. The highest BCUT2D eigenvalue weighted by molar-refractivity contribution is 5.73. The fraction of sp³-hybridized carbons (Fsp3) is 0.857. The standard InChI is InChI=1S/C14H23NO12/c1-3(17)15-5-10(6(18)4(2-16)25-13(5)24)26-14-9(21)7(19)8(20)11(27-14)12(22)23/h4-11,13-14,16,18-21,24H,2H2,1H3,(H,15,17)(H,22,23)/t4?,5?,6-,7?,8+,9?,10?,11?,13-,14-/m1/s1. The lowest BCUT2D eigenvalue weighted by molar-refractivity contribution is -0.336. The molecule has 0 aromatic carbocycles. The number of rotatable bonds is 5. The van der Waals surface area contributed by atoms with Crippen molar-refractivity contribution in [3.63, 3.8) is 0 Å². The SMILES string of the molecule is CC(=O)NC1C(O[C@@H]2OC(C(=O)O)[C@@H](O)C(O)C2O)[C@H](O)C(CO)O[C@H]1O. The maximum atomic E-state index is 11.4. The zero-order valence-electron chi connectivity index (χ0n) is 14.2. The maximum absolute atomic E-state index is 11.4. The lowest BCUT2D eigenvalue weighted by Crippen LogP contribution is -2.67. The molecule has 0 bridgehead atoms. The highest BCUT2D eigenvalue weighted by Gasteiger charge is 2.52. The summed E-state index contributed by atoms with van der Waals surface area (Å²) >= 11 is 0. The molecule has 156 valence electrons. The lowest BCUT2D eigenvalue weighted by Gasteiger charge is -2.46. The lowest BCUT2D eigenvalue weighted by atomic mass is 9.95. The summed E-state index contributed by atoms with van der Waals surface area (Å²) in [6.07, 6.45) is -15.8. The van der Waals surface area contributed by atoms with Gasteiger partial charge >= 0.3 is 5.97 Å². The first-order valence-corrected chi connectivity index (χ1v) is 8.06. The van der Waals surface area contributed by atoms with Gasteiger partial charge in [0, 0.05) is 6.92 Å². The number of hydrogen-bond donors (Lipinski definition) is 8. The molecule has 13 nitrogen and oxygen atoms in total. The van der Waals surface area contributed by atoms with Crippen LogP contribution in [0.25, 0.3) is 0 Å². The third-order valence-electron chi connectivity index (χ3n) is 4.35. The summed E-state index contributed by atoms with van der Waals surface area (Å²) in [6.45, 7) is 0.388. The molecule has 0 saturated carbocycles. The second-order valence-corrected chi connectivity index (χ2v) is 6.30. The summed E-state index contributed by atoms with van der Waals surface area (Å²) in [5, 5.41) is 70.4. The zero-order valence-corrected chi connectivity index (χ0v) is 14.2. The van der Waals surface area contributed by atoms with Gasteiger partial charge in [-0.1, -0.05) is 0 Å². The van der Waals surface area contributed by atoms with E-state index in [2.05, 4.69) is 5.32 Å². The van der Waals surface area contributed by atoms with Gasteiger partial charge in [-0.15, -0.1) is 0 Å². The van der Waals surface area contributed by atoms with Crippen LogP contribution in [-0.2, 0) is 23.8 Å². The number of ether oxygens (including phenoxy) is 3. The highest BCUT2D eigenvalue weighted by atomic mass is 16.7. The van der Waals surface area contributed by atoms with Gasteiger partial charge in [0.05, 0.1) is 6.61 Å². The van der Waals surface area contributed by atoms with Crippen LogP contribution in [0.5, 0.6) is 0 Å². The van der Waals surface area contributed by atoms with Gasteiger partial charge in [0.1, 0.15) is 42.7 Å². The molecule has 0 radical (unpaired) electrons. The molecule has 0 aromatic rings. The normalized spacial score (nSPS) is 45.3. The smallest absolute Gasteiger partial charge is 0.335 e. The van der Waals surface area contributed by atoms with Gasteiger partial charge in [-0.05, 0) is 0 Å². The quantitative estimate of drug-likeness (QED) is 0.218. The molecule has 10 atom stereocenters. The largest absolute Gasteiger partial charge is 0.479 e. The summed E-state index contributed by atoms with van der Waals surface area (Å²) in [7, 11) is 0. The minimum absolute atomic E-state index is 0.630. The molecule has 2 rings (SSSR count). The summed E-state index contributed by atoms with van der Waals surface area (Å²) in [5.74, 6) is -2.27. The van der Waals surface area contributed by atoms with Crippen LogP contribution in [-0.4, -0.2) is 116 Å². The van der Waals surface area contributed by atoms with Gasteiger partial charge in [-0.3, -0.25) is 4.79 Å². The molecule has 0 aliphatic carbocycles. The molecule has 0 spiro atoms. The maximum Gasteiger partial charge on any atom is 0.335 e. The van der Waals surface area contributed by atoms with Crippen molar-refractivity contribution in [3.05, 3.63) is 0 Å². The van der Waals surface area contributed by atoms with Gasteiger partial charge in [0.2, 0.25) is 5.91 Å². The molecular weight excluding hydrogens is 374 g/mol. The van der Waals surface area contributed by atoms with E-state index in [1.807, 2.05) is 0 Å². The average Bonchev–Trinajstić information content (AvgIpc) is 2.60. The van der Waals surface area contributed by atoms with Gasteiger partial charge in [-0.2, -0.15) is 0 Å². The first kappa shape index (κ1) is 21.9. The number of carboxylic acid groups (broad SMARTS) is 1. The van der Waals surface area contributed by atoms with E-state index in [0.29, 0.717) is 0 Å². The Balaban J connectivity index is 2.25. The second-order valence-electron chi connectivity index (χ2n) is 6.30. The van der Waals surface area contributed by atoms with Crippen LogP contribution in [0.2, 0.25) is 0 Å². The van der Waals surface area contributed by atoms with E-state index in [1.54, 1.807) is 0 Å². The van der Waals surface area contributed by atoms with Gasteiger partial charge in [-0.25, -0.2) is 4.79 Å². The number of hydrogen-bond acceptors (Lipinski definition) is 11. The van der Waals surface area contributed by atoms with E-state index >= 15 is 0 Å². The number of aliphatic carboxylic acids is 1. The molecule has 2 saturated heterocycles. The average molecular weight is 397 g/mol. The summed E-state index contributed by atoms with van der Waals surface area (Å²) < 4.78 is 15.3. The van der Waals surface area contributed by atoms with Crippen molar-refractivity contribution in [2.75, 3.05) is 6.61 Å². The van der Waals surface area contributed by atoms with Crippen molar-refractivity contribution < 1.29 is 59.5 Å². The van der Waals surface area contributed by atoms with Crippen LogP contribution in [0.1, 0.15) is 6.92 Å². The first-order chi connectivity index (χ1) is 12.6. The molecule has 2 heterocycles. The van der Waals surface area contributed by atoms with Crippen molar-refractivity contribution in [3.8, 4) is 0 Å². The topological polar surface area (TPSA) is 215 Å². The third kappa shape index (κ3) is 4.53. The van der Waals surface area contributed by atoms with Gasteiger partial charge in [0.15, 0.2) is 18.7 Å². The molecule has 2 aliphatic rings. The number of amides is 1. The molecule has 13 heteroatoms. The molecule has 2 aliphatic heterocycles. The molecule has 1 amide bonds. The van der Waals surface area contributed by atoms with Gasteiger partial charge in [0.25, 0.3) is 0 Å². The Bertz CT molecular complexity index is 546. The Morgan fingerprint density at radius 2 is 1.63 bits per heavy atom. The fourth-order valence-corrected chi connectivity index (χ4v) is 2.95. The Hall–Kier alpha value is -1.42. The van der Waals surface area contributed by atoms with E-state index in [-0.39, 0.29) is 0 Å². The number of carboxylic acids is 1. The molecule has 8 N–H and O–H groups in total. The Morgan fingerprint density at radius 1 is 1.00 bits per heavy atom. The van der Waals surface area contributed by atoms with Crippen LogP contribution in [0.3, 0.4) is 0 Å². The van der Waals surface area contributed by atoms with Crippen LogP contribution in [0.4, 0.5) is 0 Å². The molecule has 27 heavy (non-hydrogen) atoms. The van der Waals surface area contributed by atoms with Crippen LogP contribution in [0, 0.1) is 0 Å². The van der Waals surface area contributed by atoms with Crippen molar-refractivity contribution in [2.24, 2.45) is 0 Å². The zero-order chi connectivity index (χ0) is 20.5. The van der Waals surface area contributed by atoms with E-state index in [4.69, 9.17) is 19.3 Å². The van der Waals surface area contributed by atoms with Crippen molar-refractivity contribution in [1.29, 1.82) is 0 Å². The molecular formula is C14H23NO12. The van der Waals surface area contributed by atoms with E-state index in [0.717, 1.165) is 6.92 Å². The number of nitrogens with one attached hydrogen (secondary N) is 1. The van der Waals surface area contributed by atoms with Gasteiger partial charge < -0.3 is 55.3 Å². The Kier molecular flexibility index (Phi) is 7.07. The minimum atomic E-state index is -1.95. The Labute approximate surface area is 152 Å². The predicted molar refractivity (Wildman–Crippen MR) is 80.8 cm³/mol. The molecule has 2 fully saturated rings. The number of aliphatic hydroxyl groups is 6. The van der Waals surface area contributed by atoms with Crippen molar-refractivity contribution in [1.82, 2.24) is 5.32 Å². The fourth-order valence-electron chi connectivity index (χ4n) is 2.95. The van der Waals surface area contributed by atoms with Crippen LogP contribution < -0.4 is 5.32 Å². The number of aliphatic hydroxyl groups excluding tert-OH is 6. The summed E-state index contributed by atoms with van der Waals surface area (Å²) in [6, 6.07) is -1.37. The number of carbonyl (C=O) groups excluding carboxylic acids is 1. The Morgan fingerprint density at radius 3 is 2.15 bits per heavy atom. The molecule has 0 aromatic heterocycles. The van der Waals surface area contributed by atoms with Crippen LogP contribution >= 0.6 is 0 Å². The number of carbonyl (C=O) groups is 2. The summed E-state index contributed by atoms with van der Waals surface area (Å²) in [5.41, 5.74) is 0. The van der Waals surface area contributed by atoms with E-state index < -0.39 is 79.8 Å². The first-order valence-electron chi connectivity index (χ1n) is 8.06. The molecule has 6 unspecified atom stereocenters. The van der Waals surface area contributed by atoms with Crippen molar-refractivity contribution >= 4 is 11.9 Å². The minimum Gasteiger partial charge on any atom is -0.479 e. The van der Waals surface area contributed by atoms with E-state index in [9.17, 15) is 40.2 Å². The van der Waals surface area contributed by atoms with Crippen molar-refractivity contribution in [2.45, 2.75) is 68.3 Å². The third-order valence-corrected chi connectivity index (χ3v) is 4.35. The van der Waals surface area contributed by atoms with E-state index in [1.165, 1.54) is 0 Å². The monoisotopic (exact) mass is 397 g/mol. The second kappa shape index (κ2) is 8.72.